The van der Waals surface area contributed by atoms with Crippen LogP contribution in [0.4, 0.5) is 0 Å². The second kappa shape index (κ2) is 6.40. The lowest BCUT2D eigenvalue weighted by Crippen LogP contribution is -2.36. The van der Waals surface area contributed by atoms with Gasteiger partial charge in [-0.05, 0) is 32.4 Å². The number of benzene rings is 1. The Morgan fingerprint density at radius 1 is 1.35 bits per heavy atom. The Labute approximate surface area is 103 Å². The number of aryl methyl sites for hydroxylation is 1. The number of hydrogen-bond acceptors (Lipinski definition) is 2. The van der Waals surface area contributed by atoms with Crippen molar-refractivity contribution in [1.82, 2.24) is 4.90 Å². The van der Waals surface area contributed by atoms with Gasteiger partial charge in [0.1, 0.15) is 0 Å². The molecular weight excluding hydrogens is 214 g/mol. The molecule has 1 atom stereocenters. The second-order valence-electron chi connectivity index (χ2n) is 4.56. The molecule has 0 amide bonds. The van der Waals surface area contributed by atoms with E-state index in [1.165, 1.54) is 11.1 Å². The average molecular weight is 235 g/mol. The number of aliphatic carboxylic acids is 1. The SMILES string of the molecule is CCC(Cc1ccc(C)cc1)N(C)CC(=O)O. The maximum absolute atomic E-state index is 10.7. The monoisotopic (exact) mass is 235 g/mol. The molecule has 0 spiro atoms. The van der Waals surface area contributed by atoms with Crippen LogP contribution < -0.4 is 0 Å². The van der Waals surface area contributed by atoms with Crippen LogP contribution >= 0.6 is 0 Å². The predicted octanol–water partition coefficient (Wildman–Crippen LogP) is 2.33. The molecule has 0 aliphatic heterocycles. The lowest BCUT2D eigenvalue weighted by molar-refractivity contribution is -0.138. The normalized spacial score (nSPS) is 12.7. The van der Waals surface area contributed by atoms with Crippen LogP contribution in [-0.2, 0) is 11.2 Å². The average Bonchev–Trinajstić information content (AvgIpc) is 2.27. The van der Waals surface area contributed by atoms with Gasteiger partial charge in [-0.25, -0.2) is 0 Å². The van der Waals surface area contributed by atoms with E-state index in [2.05, 4.69) is 38.1 Å². The van der Waals surface area contributed by atoms with Crippen molar-refractivity contribution < 1.29 is 9.90 Å². The Balaban J connectivity index is 2.62. The zero-order valence-electron chi connectivity index (χ0n) is 10.8. The summed E-state index contributed by atoms with van der Waals surface area (Å²) in [5.41, 5.74) is 2.51. The first kappa shape index (κ1) is 13.7. The Morgan fingerprint density at radius 2 is 1.94 bits per heavy atom. The number of carbonyl (C=O) groups is 1. The van der Waals surface area contributed by atoms with E-state index < -0.39 is 5.97 Å². The van der Waals surface area contributed by atoms with Crippen molar-refractivity contribution in [2.75, 3.05) is 13.6 Å². The molecule has 0 aliphatic carbocycles. The molecule has 1 unspecified atom stereocenters. The van der Waals surface area contributed by atoms with Gasteiger partial charge in [0, 0.05) is 6.04 Å². The van der Waals surface area contributed by atoms with Crippen molar-refractivity contribution in [1.29, 1.82) is 0 Å². The highest BCUT2D eigenvalue weighted by Crippen LogP contribution is 2.11. The summed E-state index contributed by atoms with van der Waals surface area (Å²) >= 11 is 0. The first-order valence-corrected chi connectivity index (χ1v) is 6.00. The minimum atomic E-state index is -0.769. The Hall–Kier alpha value is -1.35. The molecule has 1 N–H and O–H groups in total. The molecule has 0 fully saturated rings. The maximum atomic E-state index is 10.7. The minimum absolute atomic E-state index is 0.102. The van der Waals surface area contributed by atoms with Crippen LogP contribution in [0.1, 0.15) is 24.5 Å². The summed E-state index contributed by atoms with van der Waals surface area (Å²) in [5, 5.41) is 8.79. The number of carboxylic acid groups (broad SMARTS) is 1. The molecule has 0 aliphatic rings. The van der Waals surface area contributed by atoms with Gasteiger partial charge < -0.3 is 5.11 Å². The molecule has 94 valence electrons. The summed E-state index contributed by atoms with van der Waals surface area (Å²) in [6.07, 6.45) is 1.86. The standard InChI is InChI=1S/C14H21NO2/c1-4-13(15(3)10-14(16)17)9-12-7-5-11(2)6-8-12/h5-8,13H,4,9-10H2,1-3H3,(H,16,17). The summed E-state index contributed by atoms with van der Waals surface area (Å²) in [6.45, 7) is 4.26. The number of likely N-dealkylation sites (N-methyl/N-ethyl adjacent to an activating group) is 1. The van der Waals surface area contributed by atoms with Gasteiger partial charge in [0.05, 0.1) is 6.54 Å². The molecule has 0 heterocycles. The van der Waals surface area contributed by atoms with Crippen LogP contribution in [0, 0.1) is 6.92 Å². The van der Waals surface area contributed by atoms with Crippen LogP contribution in [0.5, 0.6) is 0 Å². The van der Waals surface area contributed by atoms with Crippen LogP contribution in [0.15, 0.2) is 24.3 Å². The zero-order chi connectivity index (χ0) is 12.8. The van der Waals surface area contributed by atoms with Gasteiger partial charge in [0.25, 0.3) is 0 Å². The van der Waals surface area contributed by atoms with Gasteiger partial charge in [0.2, 0.25) is 0 Å². The Morgan fingerprint density at radius 3 is 2.41 bits per heavy atom. The van der Waals surface area contributed by atoms with Crippen molar-refractivity contribution in [3.8, 4) is 0 Å². The number of carboxylic acids is 1. The van der Waals surface area contributed by atoms with Crippen molar-refractivity contribution >= 4 is 5.97 Å². The fraction of sp³-hybridized carbons (Fsp3) is 0.500. The number of nitrogens with zero attached hydrogens (tertiary/aromatic N) is 1. The predicted molar refractivity (Wildman–Crippen MR) is 69.2 cm³/mol. The summed E-state index contributed by atoms with van der Waals surface area (Å²) in [6, 6.07) is 8.71. The van der Waals surface area contributed by atoms with Gasteiger partial charge >= 0.3 is 5.97 Å². The quantitative estimate of drug-likeness (QED) is 0.822. The third-order valence-electron chi connectivity index (χ3n) is 3.07. The maximum Gasteiger partial charge on any atom is 0.317 e. The molecule has 0 bridgehead atoms. The van der Waals surface area contributed by atoms with E-state index in [-0.39, 0.29) is 12.6 Å². The second-order valence-corrected chi connectivity index (χ2v) is 4.56. The van der Waals surface area contributed by atoms with Gasteiger partial charge in [-0.2, -0.15) is 0 Å². The van der Waals surface area contributed by atoms with E-state index in [0.717, 1.165) is 12.8 Å². The molecule has 3 nitrogen and oxygen atoms in total. The van der Waals surface area contributed by atoms with Crippen LogP contribution in [-0.4, -0.2) is 35.6 Å². The van der Waals surface area contributed by atoms with Gasteiger partial charge in [-0.15, -0.1) is 0 Å². The molecule has 1 aromatic carbocycles. The molecule has 17 heavy (non-hydrogen) atoms. The molecule has 0 saturated heterocycles. The van der Waals surface area contributed by atoms with E-state index >= 15 is 0 Å². The third kappa shape index (κ3) is 4.57. The van der Waals surface area contributed by atoms with Crippen LogP contribution in [0.3, 0.4) is 0 Å². The molecule has 3 heteroatoms. The van der Waals surface area contributed by atoms with Crippen molar-refractivity contribution in [3.05, 3.63) is 35.4 Å². The molecule has 0 saturated carbocycles. The summed E-state index contributed by atoms with van der Waals surface area (Å²) in [7, 11) is 1.87. The highest BCUT2D eigenvalue weighted by molar-refractivity contribution is 5.69. The van der Waals surface area contributed by atoms with E-state index in [4.69, 9.17) is 5.11 Å². The van der Waals surface area contributed by atoms with Gasteiger partial charge in [-0.1, -0.05) is 36.8 Å². The summed E-state index contributed by atoms with van der Waals surface area (Å²) < 4.78 is 0. The van der Waals surface area contributed by atoms with Crippen molar-refractivity contribution in [2.24, 2.45) is 0 Å². The molecule has 0 aromatic heterocycles. The van der Waals surface area contributed by atoms with E-state index in [1.54, 1.807) is 0 Å². The lowest BCUT2D eigenvalue weighted by Gasteiger charge is -2.25. The summed E-state index contributed by atoms with van der Waals surface area (Å²) in [5.74, 6) is -0.769. The first-order valence-electron chi connectivity index (χ1n) is 6.00. The highest BCUT2D eigenvalue weighted by Gasteiger charge is 2.15. The molecule has 0 radical (unpaired) electrons. The van der Waals surface area contributed by atoms with E-state index in [0.29, 0.717) is 0 Å². The fourth-order valence-electron chi connectivity index (χ4n) is 1.95. The Kier molecular flexibility index (Phi) is 5.16. The van der Waals surface area contributed by atoms with Crippen molar-refractivity contribution in [3.63, 3.8) is 0 Å². The number of rotatable bonds is 6. The zero-order valence-corrected chi connectivity index (χ0v) is 10.8. The molecule has 1 rings (SSSR count). The third-order valence-corrected chi connectivity index (χ3v) is 3.07. The van der Waals surface area contributed by atoms with E-state index in [9.17, 15) is 4.79 Å². The molecular formula is C14H21NO2. The van der Waals surface area contributed by atoms with Crippen LogP contribution in [0.25, 0.3) is 0 Å². The smallest absolute Gasteiger partial charge is 0.317 e. The highest BCUT2D eigenvalue weighted by atomic mass is 16.4. The summed E-state index contributed by atoms with van der Waals surface area (Å²) in [4.78, 5) is 12.6. The largest absolute Gasteiger partial charge is 0.480 e. The van der Waals surface area contributed by atoms with Gasteiger partial charge in [0.15, 0.2) is 0 Å². The fourth-order valence-corrected chi connectivity index (χ4v) is 1.95. The minimum Gasteiger partial charge on any atom is -0.480 e. The topological polar surface area (TPSA) is 40.5 Å². The number of hydrogen-bond donors (Lipinski definition) is 1. The Bertz CT molecular complexity index is 359. The van der Waals surface area contributed by atoms with Crippen molar-refractivity contribution in [2.45, 2.75) is 32.7 Å². The lowest BCUT2D eigenvalue weighted by atomic mass is 10.0. The van der Waals surface area contributed by atoms with Crippen LogP contribution in [0.2, 0.25) is 0 Å². The first-order chi connectivity index (χ1) is 8.02. The van der Waals surface area contributed by atoms with E-state index in [1.807, 2.05) is 11.9 Å². The van der Waals surface area contributed by atoms with Gasteiger partial charge in [-0.3, -0.25) is 9.69 Å². The molecule has 1 aromatic rings.